The predicted molar refractivity (Wildman–Crippen MR) is 92.6 cm³/mol. The van der Waals surface area contributed by atoms with Crippen molar-refractivity contribution in [1.29, 1.82) is 0 Å². The van der Waals surface area contributed by atoms with E-state index in [0.29, 0.717) is 11.4 Å². The first-order valence-corrected chi connectivity index (χ1v) is 7.45. The summed E-state index contributed by atoms with van der Waals surface area (Å²) in [5, 5.41) is 5.43. The van der Waals surface area contributed by atoms with Gasteiger partial charge < -0.3 is 10.6 Å². The van der Waals surface area contributed by atoms with E-state index in [0.717, 1.165) is 10.0 Å². The molecule has 0 saturated heterocycles. The van der Waals surface area contributed by atoms with Gasteiger partial charge in [0.2, 0.25) is 11.8 Å². The number of rotatable bonds is 4. The van der Waals surface area contributed by atoms with Gasteiger partial charge in [0, 0.05) is 28.8 Å². The molecule has 0 bridgehead atoms. The van der Waals surface area contributed by atoms with Crippen LogP contribution in [-0.4, -0.2) is 11.8 Å². The van der Waals surface area contributed by atoms with Crippen molar-refractivity contribution in [2.75, 3.05) is 10.6 Å². The Kier molecular flexibility index (Phi) is 5.49. The minimum Gasteiger partial charge on any atom is -0.326 e. The SMILES string of the molecule is CC(=O)Nc1ccc(NC(=O)/C=C/c2ccccc2Br)cc1. The quantitative estimate of drug-likeness (QED) is 0.809. The molecule has 0 aromatic heterocycles. The highest BCUT2D eigenvalue weighted by Crippen LogP contribution is 2.17. The summed E-state index contributed by atoms with van der Waals surface area (Å²) in [4.78, 5) is 22.8. The van der Waals surface area contributed by atoms with Crippen molar-refractivity contribution in [2.24, 2.45) is 0 Å². The van der Waals surface area contributed by atoms with Gasteiger partial charge in [0.15, 0.2) is 0 Å². The van der Waals surface area contributed by atoms with Crippen LogP contribution in [0.2, 0.25) is 0 Å². The topological polar surface area (TPSA) is 58.2 Å². The lowest BCUT2D eigenvalue weighted by molar-refractivity contribution is -0.114. The highest BCUT2D eigenvalue weighted by Gasteiger charge is 2.00. The molecule has 0 heterocycles. The summed E-state index contributed by atoms with van der Waals surface area (Å²) in [7, 11) is 0. The maximum absolute atomic E-state index is 11.9. The Morgan fingerprint density at radius 3 is 2.14 bits per heavy atom. The van der Waals surface area contributed by atoms with Gasteiger partial charge in [-0.05, 0) is 42.0 Å². The molecule has 5 heteroatoms. The summed E-state index contributed by atoms with van der Waals surface area (Å²) in [6.07, 6.45) is 3.22. The summed E-state index contributed by atoms with van der Waals surface area (Å²) < 4.78 is 0.929. The van der Waals surface area contributed by atoms with Gasteiger partial charge in [-0.2, -0.15) is 0 Å². The number of hydrogen-bond acceptors (Lipinski definition) is 2. The first kappa shape index (κ1) is 16.0. The molecule has 2 amide bonds. The van der Waals surface area contributed by atoms with Crippen LogP contribution < -0.4 is 10.6 Å². The zero-order valence-corrected chi connectivity index (χ0v) is 13.6. The maximum atomic E-state index is 11.9. The Hall–Kier alpha value is -2.40. The van der Waals surface area contributed by atoms with Crippen molar-refractivity contribution in [1.82, 2.24) is 0 Å². The van der Waals surface area contributed by atoms with Gasteiger partial charge in [-0.1, -0.05) is 34.1 Å². The molecule has 0 aliphatic rings. The second-order valence-corrected chi connectivity index (χ2v) is 5.46. The number of carbonyl (C=O) groups excluding carboxylic acids is 2. The highest BCUT2D eigenvalue weighted by molar-refractivity contribution is 9.10. The Morgan fingerprint density at radius 1 is 0.955 bits per heavy atom. The predicted octanol–water partition coefficient (Wildman–Crippen LogP) is 4.06. The molecule has 22 heavy (non-hydrogen) atoms. The Balaban J connectivity index is 1.97. The fraction of sp³-hybridized carbons (Fsp3) is 0.0588. The third-order valence-electron chi connectivity index (χ3n) is 2.79. The summed E-state index contributed by atoms with van der Waals surface area (Å²) in [6, 6.07) is 14.6. The Bertz CT molecular complexity index is 709. The van der Waals surface area contributed by atoms with Crippen molar-refractivity contribution >= 4 is 45.2 Å². The van der Waals surface area contributed by atoms with Crippen LogP contribution in [0.4, 0.5) is 11.4 Å². The molecule has 2 N–H and O–H groups in total. The second kappa shape index (κ2) is 7.56. The van der Waals surface area contributed by atoms with E-state index in [-0.39, 0.29) is 11.8 Å². The Labute approximate surface area is 137 Å². The monoisotopic (exact) mass is 358 g/mol. The fourth-order valence-corrected chi connectivity index (χ4v) is 2.22. The van der Waals surface area contributed by atoms with Gasteiger partial charge in [-0.25, -0.2) is 0 Å². The lowest BCUT2D eigenvalue weighted by atomic mass is 10.2. The van der Waals surface area contributed by atoms with Gasteiger partial charge in [0.1, 0.15) is 0 Å². The molecule has 0 atom stereocenters. The summed E-state index contributed by atoms with van der Waals surface area (Å²) in [5.41, 5.74) is 2.28. The molecule has 0 saturated carbocycles. The third kappa shape index (κ3) is 4.86. The van der Waals surface area contributed by atoms with E-state index in [1.807, 2.05) is 24.3 Å². The van der Waals surface area contributed by atoms with Gasteiger partial charge in [0.05, 0.1) is 0 Å². The van der Waals surface area contributed by atoms with Gasteiger partial charge in [-0.15, -0.1) is 0 Å². The molecule has 0 aliphatic heterocycles. The first-order valence-electron chi connectivity index (χ1n) is 6.66. The number of hydrogen-bond donors (Lipinski definition) is 2. The van der Waals surface area contributed by atoms with Crippen LogP contribution in [0.1, 0.15) is 12.5 Å². The molecule has 0 fully saturated rings. The molecule has 2 aromatic carbocycles. The van der Waals surface area contributed by atoms with Crippen molar-refractivity contribution in [2.45, 2.75) is 6.92 Å². The van der Waals surface area contributed by atoms with Crippen LogP contribution in [0.5, 0.6) is 0 Å². The number of benzene rings is 2. The molecule has 0 unspecified atom stereocenters. The normalized spacial score (nSPS) is 10.5. The largest absolute Gasteiger partial charge is 0.326 e. The highest BCUT2D eigenvalue weighted by atomic mass is 79.9. The van der Waals surface area contributed by atoms with Crippen LogP contribution in [0.25, 0.3) is 6.08 Å². The van der Waals surface area contributed by atoms with E-state index in [1.165, 1.54) is 13.0 Å². The zero-order chi connectivity index (χ0) is 15.9. The smallest absolute Gasteiger partial charge is 0.248 e. The van der Waals surface area contributed by atoms with Crippen LogP contribution in [-0.2, 0) is 9.59 Å². The van der Waals surface area contributed by atoms with Crippen LogP contribution in [0.15, 0.2) is 59.1 Å². The van der Waals surface area contributed by atoms with E-state index in [1.54, 1.807) is 30.3 Å². The molecule has 4 nitrogen and oxygen atoms in total. The van der Waals surface area contributed by atoms with Crippen molar-refractivity contribution in [3.63, 3.8) is 0 Å². The average molecular weight is 359 g/mol. The molecule has 0 radical (unpaired) electrons. The van der Waals surface area contributed by atoms with Gasteiger partial charge >= 0.3 is 0 Å². The third-order valence-corrected chi connectivity index (χ3v) is 3.51. The molecular formula is C17H15BrN2O2. The molecular weight excluding hydrogens is 344 g/mol. The first-order chi connectivity index (χ1) is 10.5. The zero-order valence-electron chi connectivity index (χ0n) is 12.0. The minimum absolute atomic E-state index is 0.131. The van der Waals surface area contributed by atoms with Crippen molar-refractivity contribution in [3.05, 3.63) is 64.6 Å². The lowest BCUT2D eigenvalue weighted by Crippen LogP contribution is -2.08. The van der Waals surface area contributed by atoms with E-state index in [2.05, 4.69) is 26.6 Å². The van der Waals surface area contributed by atoms with Crippen LogP contribution in [0, 0.1) is 0 Å². The lowest BCUT2D eigenvalue weighted by Gasteiger charge is -2.05. The number of amides is 2. The van der Waals surface area contributed by atoms with E-state index in [4.69, 9.17) is 0 Å². The number of anilines is 2. The average Bonchev–Trinajstić information content (AvgIpc) is 2.48. The Morgan fingerprint density at radius 2 is 1.55 bits per heavy atom. The van der Waals surface area contributed by atoms with Crippen LogP contribution in [0.3, 0.4) is 0 Å². The van der Waals surface area contributed by atoms with Gasteiger partial charge in [-0.3, -0.25) is 9.59 Å². The van der Waals surface area contributed by atoms with E-state index >= 15 is 0 Å². The molecule has 2 aromatic rings. The number of halogens is 1. The maximum Gasteiger partial charge on any atom is 0.248 e. The van der Waals surface area contributed by atoms with E-state index in [9.17, 15) is 9.59 Å². The fourth-order valence-electron chi connectivity index (χ4n) is 1.80. The molecule has 0 aliphatic carbocycles. The minimum atomic E-state index is -0.219. The van der Waals surface area contributed by atoms with Crippen LogP contribution >= 0.6 is 15.9 Å². The summed E-state index contributed by atoms with van der Waals surface area (Å²) >= 11 is 3.42. The van der Waals surface area contributed by atoms with Crippen molar-refractivity contribution < 1.29 is 9.59 Å². The van der Waals surface area contributed by atoms with Crippen molar-refractivity contribution in [3.8, 4) is 0 Å². The van der Waals surface area contributed by atoms with E-state index < -0.39 is 0 Å². The second-order valence-electron chi connectivity index (χ2n) is 4.60. The van der Waals surface area contributed by atoms with Gasteiger partial charge in [0.25, 0.3) is 0 Å². The summed E-state index contributed by atoms with van der Waals surface area (Å²) in [5.74, 6) is -0.351. The standard InChI is InChI=1S/C17H15BrN2O2/c1-12(21)19-14-7-9-15(10-8-14)20-17(22)11-6-13-4-2-3-5-16(13)18/h2-11H,1H3,(H,19,21)(H,20,22)/b11-6+. The summed E-state index contributed by atoms with van der Waals surface area (Å²) in [6.45, 7) is 1.45. The molecule has 0 spiro atoms. The molecule has 112 valence electrons. The number of nitrogens with one attached hydrogen (secondary N) is 2. The molecule has 2 rings (SSSR count). The number of carbonyl (C=O) groups is 2.